The number of benzene rings is 1. The molecule has 1 aromatic carbocycles. The smallest absolute Gasteiger partial charge is 0.246 e. The molecule has 1 fully saturated rings. The topological polar surface area (TPSA) is 66.3 Å². The molecule has 1 N–H and O–H groups in total. The van der Waals surface area contributed by atoms with Crippen LogP contribution in [-0.2, 0) is 10.4 Å². The summed E-state index contributed by atoms with van der Waals surface area (Å²) in [5.41, 5.74) is 0.864. The number of piperidine rings is 1. The van der Waals surface area contributed by atoms with Crippen LogP contribution >= 0.6 is 11.3 Å². The molecule has 0 unspecified atom stereocenters. The van der Waals surface area contributed by atoms with E-state index in [9.17, 15) is 9.90 Å². The van der Waals surface area contributed by atoms with Crippen LogP contribution in [0.1, 0.15) is 23.4 Å². The van der Waals surface area contributed by atoms with Gasteiger partial charge in [0, 0.05) is 37.1 Å². The van der Waals surface area contributed by atoms with E-state index in [1.165, 1.54) is 0 Å². The van der Waals surface area contributed by atoms with Gasteiger partial charge < -0.3 is 10.0 Å². The number of pyridine rings is 1. The lowest BCUT2D eigenvalue weighted by molar-refractivity contribution is -0.130. The molecule has 2 aromatic heterocycles. The van der Waals surface area contributed by atoms with Crippen LogP contribution in [0.25, 0.3) is 16.3 Å². The molecular formula is C20H19N3O2S. The van der Waals surface area contributed by atoms with E-state index in [0.29, 0.717) is 25.9 Å². The molecule has 1 aliphatic heterocycles. The lowest BCUT2D eigenvalue weighted by Gasteiger charge is -2.38. The van der Waals surface area contributed by atoms with Crippen LogP contribution in [0.5, 0.6) is 0 Å². The van der Waals surface area contributed by atoms with Crippen molar-refractivity contribution in [1.82, 2.24) is 14.9 Å². The first-order valence-electron chi connectivity index (χ1n) is 8.59. The SMILES string of the molecule is O=C(C=Cc1nc2ccccc2s1)N1CCC(O)(c2cccnc2)CC1. The van der Waals surface area contributed by atoms with Crippen LogP contribution in [0.4, 0.5) is 0 Å². The number of nitrogens with zero attached hydrogens (tertiary/aromatic N) is 3. The zero-order valence-corrected chi connectivity index (χ0v) is 15.0. The first-order chi connectivity index (χ1) is 12.6. The molecule has 1 saturated heterocycles. The van der Waals surface area contributed by atoms with E-state index in [0.717, 1.165) is 20.8 Å². The number of rotatable bonds is 3. The van der Waals surface area contributed by atoms with Crippen LogP contribution in [0.15, 0.2) is 54.9 Å². The molecule has 5 nitrogen and oxygen atoms in total. The van der Waals surface area contributed by atoms with Crippen molar-refractivity contribution in [1.29, 1.82) is 0 Å². The molecule has 3 heterocycles. The Morgan fingerprint density at radius 3 is 2.73 bits per heavy atom. The number of likely N-dealkylation sites (tertiary alicyclic amines) is 1. The first kappa shape index (κ1) is 16.9. The maximum absolute atomic E-state index is 12.5. The molecule has 1 amide bonds. The summed E-state index contributed by atoms with van der Waals surface area (Å²) >= 11 is 1.57. The zero-order chi connectivity index (χ0) is 18.0. The Morgan fingerprint density at radius 2 is 2.00 bits per heavy atom. The van der Waals surface area contributed by atoms with E-state index in [1.807, 2.05) is 36.4 Å². The molecule has 0 aliphatic carbocycles. The van der Waals surface area contributed by atoms with Crippen LogP contribution in [-0.4, -0.2) is 39.0 Å². The maximum atomic E-state index is 12.5. The molecule has 0 spiro atoms. The molecule has 0 radical (unpaired) electrons. The number of para-hydroxylation sites is 1. The summed E-state index contributed by atoms with van der Waals surface area (Å²) in [5.74, 6) is -0.0440. The molecule has 26 heavy (non-hydrogen) atoms. The predicted molar refractivity (Wildman–Crippen MR) is 103 cm³/mol. The number of aromatic nitrogens is 2. The Kier molecular flexibility index (Phi) is 4.53. The zero-order valence-electron chi connectivity index (χ0n) is 14.2. The van der Waals surface area contributed by atoms with Crippen molar-refractivity contribution in [3.05, 3.63) is 65.4 Å². The summed E-state index contributed by atoms with van der Waals surface area (Å²) in [4.78, 5) is 22.8. The molecule has 0 atom stereocenters. The number of thiazole rings is 1. The number of fused-ring (bicyclic) bond motifs is 1. The lowest BCUT2D eigenvalue weighted by atomic mass is 9.85. The third kappa shape index (κ3) is 3.38. The normalized spacial score (nSPS) is 17.0. The van der Waals surface area contributed by atoms with Gasteiger partial charge >= 0.3 is 0 Å². The third-order valence-electron chi connectivity index (χ3n) is 4.78. The van der Waals surface area contributed by atoms with Crippen molar-refractivity contribution in [3.63, 3.8) is 0 Å². The van der Waals surface area contributed by atoms with E-state index >= 15 is 0 Å². The molecule has 132 valence electrons. The fraction of sp³-hybridized carbons (Fsp3) is 0.250. The van der Waals surface area contributed by atoms with Gasteiger partial charge in [0.2, 0.25) is 5.91 Å². The van der Waals surface area contributed by atoms with Crippen molar-refractivity contribution in [2.45, 2.75) is 18.4 Å². The average molecular weight is 365 g/mol. The van der Waals surface area contributed by atoms with Gasteiger partial charge in [-0.1, -0.05) is 18.2 Å². The molecule has 0 saturated carbocycles. The van der Waals surface area contributed by atoms with Gasteiger partial charge in [0.25, 0.3) is 0 Å². The molecule has 0 bridgehead atoms. The minimum Gasteiger partial charge on any atom is -0.385 e. The minimum atomic E-state index is -0.901. The first-order valence-corrected chi connectivity index (χ1v) is 9.41. The van der Waals surface area contributed by atoms with Crippen molar-refractivity contribution in [2.75, 3.05) is 13.1 Å². The fourth-order valence-corrected chi connectivity index (χ4v) is 4.10. The molecule has 1 aliphatic rings. The van der Waals surface area contributed by atoms with E-state index < -0.39 is 5.60 Å². The summed E-state index contributed by atoms with van der Waals surface area (Å²) < 4.78 is 1.11. The molecule has 6 heteroatoms. The van der Waals surface area contributed by atoms with Crippen LogP contribution < -0.4 is 0 Å². The molecular weight excluding hydrogens is 346 g/mol. The van der Waals surface area contributed by atoms with Gasteiger partial charge in [-0.3, -0.25) is 9.78 Å². The highest BCUT2D eigenvalue weighted by Crippen LogP contribution is 2.32. The van der Waals surface area contributed by atoms with Crippen LogP contribution in [0, 0.1) is 0 Å². The highest BCUT2D eigenvalue weighted by atomic mass is 32.1. The second-order valence-corrected chi connectivity index (χ2v) is 7.51. The molecule has 3 aromatic rings. The number of carbonyl (C=O) groups is 1. The van der Waals surface area contributed by atoms with Crippen molar-refractivity contribution in [3.8, 4) is 0 Å². The van der Waals surface area contributed by atoms with E-state index in [1.54, 1.807) is 40.8 Å². The van der Waals surface area contributed by atoms with Gasteiger partial charge in [0.1, 0.15) is 5.01 Å². The largest absolute Gasteiger partial charge is 0.385 e. The van der Waals surface area contributed by atoms with Crippen molar-refractivity contribution < 1.29 is 9.90 Å². The Hall–Kier alpha value is -2.57. The minimum absolute atomic E-state index is 0.0440. The summed E-state index contributed by atoms with van der Waals surface area (Å²) in [6.45, 7) is 1.04. The Morgan fingerprint density at radius 1 is 1.19 bits per heavy atom. The van der Waals surface area contributed by atoms with E-state index in [-0.39, 0.29) is 5.91 Å². The Labute approximate surface area is 155 Å². The van der Waals surface area contributed by atoms with Gasteiger partial charge in [0.15, 0.2) is 0 Å². The second kappa shape index (κ2) is 6.97. The molecule has 4 rings (SSSR count). The van der Waals surface area contributed by atoms with Crippen molar-refractivity contribution >= 4 is 33.5 Å². The summed E-state index contributed by atoms with van der Waals surface area (Å²) in [7, 11) is 0. The highest BCUT2D eigenvalue weighted by Gasteiger charge is 2.35. The van der Waals surface area contributed by atoms with Gasteiger partial charge in [-0.2, -0.15) is 0 Å². The van der Waals surface area contributed by atoms with E-state index in [2.05, 4.69) is 9.97 Å². The number of carbonyl (C=O) groups excluding carboxylic acids is 1. The summed E-state index contributed by atoms with van der Waals surface area (Å²) in [5, 5.41) is 11.6. The standard InChI is InChI=1S/C20H19N3O2S/c24-19(8-7-18-22-16-5-1-2-6-17(16)26-18)23-12-9-20(25,10-13-23)15-4-3-11-21-14-15/h1-8,11,14,25H,9-10,12-13H2. The van der Waals surface area contributed by atoms with Crippen LogP contribution in [0.2, 0.25) is 0 Å². The van der Waals surface area contributed by atoms with Gasteiger partial charge in [0.05, 0.1) is 15.8 Å². The quantitative estimate of drug-likeness (QED) is 0.724. The number of amides is 1. The number of aliphatic hydroxyl groups is 1. The number of hydrogen-bond acceptors (Lipinski definition) is 5. The highest BCUT2D eigenvalue weighted by molar-refractivity contribution is 7.19. The lowest BCUT2D eigenvalue weighted by Crippen LogP contribution is -2.44. The Balaban J connectivity index is 1.40. The maximum Gasteiger partial charge on any atom is 0.246 e. The fourth-order valence-electron chi connectivity index (χ4n) is 3.23. The number of hydrogen-bond donors (Lipinski definition) is 1. The average Bonchev–Trinajstić information content (AvgIpc) is 3.10. The Bertz CT molecular complexity index is 911. The van der Waals surface area contributed by atoms with Gasteiger partial charge in [-0.25, -0.2) is 4.98 Å². The van der Waals surface area contributed by atoms with Crippen molar-refractivity contribution in [2.24, 2.45) is 0 Å². The second-order valence-electron chi connectivity index (χ2n) is 6.45. The predicted octanol–water partition coefficient (Wildman–Crippen LogP) is 3.21. The summed E-state index contributed by atoms with van der Waals surface area (Å²) in [6.07, 6.45) is 7.77. The van der Waals surface area contributed by atoms with E-state index in [4.69, 9.17) is 0 Å². The van der Waals surface area contributed by atoms with Gasteiger partial charge in [-0.15, -0.1) is 11.3 Å². The van der Waals surface area contributed by atoms with Crippen LogP contribution in [0.3, 0.4) is 0 Å². The monoisotopic (exact) mass is 365 g/mol. The summed E-state index contributed by atoms with van der Waals surface area (Å²) in [6, 6.07) is 11.6. The third-order valence-corrected chi connectivity index (χ3v) is 5.78. The van der Waals surface area contributed by atoms with Gasteiger partial charge in [-0.05, 0) is 37.1 Å².